The van der Waals surface area contributed by atoms with E-state index in [0.717, 1.165) is 32.1 Å². The molecule has 6 nitrogen and oxygen atoms in total. The van der Waals surface area contributed by atoms with E-state index >= 15 is 0 Å². The molecule has 0 atom stereocenters. The van der Waals surface area contributed by atoms with E-state index in [2.05, 4.69) is 27.6 Å². The summed E-state index contributed by atoms with van der Waals surface area (Å²) in [5, 5.41) is 10.7. The van der Waals surface area contributed by atoms with Crippen LogP contribution in [0.1, 0.15) is 19.4 Å². The third-order valence-corrected chi connectivity index (χ3v) is 2.52. The summed E-state index contributed by atoms with van der Waals surface area (Å²) >= 11 is 0. The minimum Gasteiger partial charge on any atom is -0.380 e. The fourth-order valence-corrected chi connectivity index (χ4v) is 1.63. The number of aromatic nitrogens is 2. The van der Waals surface area contributed by atoms with Crippen molar-refractivity contribution in [2.24, 2.45) is 12.0 Å². The van der Waals surface area contributed by atoms with Gasteiger partial charge in [-0.1, -0.05) is 0 Å². The van der Waals surface area contributed by atoms with E-state index in [1.54, 1.807) is 0 Å². The van der Waals surface area contributed by atoms with Gasteiger partial charge in [-0.3, -0.25) is 9.67 Å². The summed E-state index contributed by atoms with van der Waals surface area (Å²) in [6, 6.07) is 0. The zero-order valence-corrected chi connectivity index (χ0v) is 12.1. The smallest absolute Gasteiger partial charge is 0.191 e. The highest BCUT2D eigenvalue weighted by atomic mass is 16.5. The molecule has 0 aliphatic carbocycles. The number of hydrogen-bond acceptors (Lipinski definition) is 3. The van der Waals surface area contributed by atoms with Crippen LogP contribution in [0, 0.1) is 0 Å². The first kappa shape index (κ1) is 15.5. The van der Waals surface area contributed by atoms with Crippen molar-refractivity contribution in [3.63, 3.8) is 0 Å². The molecule has 1 rings (SSSR count). The van der Waals surface area contributed by atoms with Crippen LogP contribution in [0.3, 0.4) is 0 Å². The van der Waals surface area contributed by atoms with Crippen molar-refractivity contribution in [2.75, 3.05) is 32.8 Å². The summed E-state index contributed by atoms with van der Waals surface area (Å²) in [5.41, 5.74) is 1.22. The fourth-order valence-electron chi connectivity index (χ4n) is 1.63. The van der Waals surface area contributed by atoms with Gasteiger partial charge in [0.05, 0.1) is 19.3 Å². The van der Waals surface area contributed by atoms with Crippen LogP contribution in [0.25, 0.3) is 0 Å². The van der Waals surface area contributed by atoms with Crippen LogP contribution in [-0.2, 0) is 18.2 Å². The van der Waals surface area contributed by atoms with E-state index in [0.29, 0.717) is 13.2 Å². The molecule has 0 aromatic carbocycles. The largest absolute Gasteiger partial charge is 0.380 e. The Morgan fingerprint density at radius 3 is 2.89 bits per heavy atom. The predicted molar refractivity (Wildman–Crippen MR) is 77.4 cm³/mol. The van der Waals surface area contributed by atoms with Crippen LogP contribution >= 0.6 is 0 Å². The molecule has 0 bridgehead atoms. The molecule has 0 unspecified atom stereocenters. The average molecular weight is 267 g/mol. The molecule has 0 aliphatic rings. The van der Waals surface area contributed by atoms with Crippen LogP contribution in [-0.4, -0.2) is 48.6 Å². The highest BCUT2D eigenvalue weighted by molar-refractivity contribution is 5.79. The normalized spacial score (nSPS) is 11.6. The van der Waals surface area contributed by atoms with E-state index in [1.165, 1.54) is 5.56 Å². The molecule has 0 saturated carbocycles. The van der Waals surface area contributed by atoms with Crippen LogP contribution in [0.2, 0.25) is 0 Å². The topological polar surface area (TPSA) is 63.5 Å². The Morgan fingerprint density at radius 2 is 2.26 bits per heavy atom. The molecule has 1 aromatic heterocycles. The number of rotatable bonds is 8. The molecule has 6 heteroatoms. The lowest BCUT2D eigenvalue weighted by Crippen LogP contribution is -2.38. The van der Waals surface area contributed by atoms with Crippen molar-refractivity contribution in [1.82, 2.24) is 20.4 Å². The summed E-state index contributed by atoms with van der Waals surface area (Å²) in [6.07, 6.45) is 4.85. The van der Waals surface area contributed by atoms with Gasteiger partial charge in [0, 0.05) is 32.9 Å². The molecular formula is C13H25N5O. The molecule has 0 spiro atoms. The van der Waals surface area contributed by atoms with Crippen LogP contribution < -0.4 is 10.6 Å². The molecule has 1 aromatic rings. The minimum atomic E-state index is 0.662. The quantitative estimate of drug-likeness (QED) is 0.410. The van der Waals surface area contributed by atoms with Crippen molar-refractivity contribution in [1.29, 1.82) is 0 Å². The number of guanidine groups is 1. The van der Waals surface area contributed by atoms with Crippen molar-refractivity contribution < 1.29 is 4.74 Å². The molecule has 0 fully saturated rings. The van der Waals surface area contributed by atoms with Crippen molar-refractivity contribution in [2.45, 2.75) is 20.3 Å². The first-order valence-electron chi connectivity index (χ1n) is 6.83. The third kappa shape index (κ3) is 6.81. The van der Waals surface area contributed by atoms with Gasteiger partial charge in [-0.15, -0.1) is 0 Å². The lowest BCUT2D eigenvalue weighted by atomic mass is 10.2. The Bertz CT molecular complexity index is 375. The molecular weight excluding hydrogens is 242 g/mol. The maximum Gasteiger partial charge on any atom is 0.191 e. The summed E-state index contributed by atoms with van der Waals surface area (Å²) in [5.74, 6) is 0.839. The Kier molecular flexibility index (Phi) is 7.65. The van der Waals surface area contributed by atoms with Gasteiger partial charge in [0.1, 0.15) is 0 Å². The maximum atomic E-state index is 5.26. The Balaban J connectivity index is 2.28. The second-order valence-electron chi connectivity index (χ2n) is 4.16. The van der Waals surface area contributed by atoms with E-state index < -0.39 is 0 Å². The van der Waals surface area contributed by atoms with Crippen molar-refractivity contribution >= 4 is 5.96 Å². The van der Waals surface area contributed by atoms with Gasteiger partial charge in [-0.2, -0.15) is 5.10 Å². The number of aryl methyl sites for hydroxylation is 1. The van der Waals surface area contributed by atoms with Gasteiger partial charge in [0.2, 0.25) is 0 Å². The van der Waals surface area contributed by atoms with E-state index in [-0.39, 0.29) is 0 Å². The zero-order chi connectivity index (χ0) is 13.9. The monoisotopic (exact) mass is 267 g/mol. The minimum absolute atomic E-state index is 0.662. The first-order chi connectivity index (χ1) is 9.26. The summed E-state index contributed by atoms with van der Waals surface area (Å²) in [6.45, 7) is 7.81. The zero-order valence-electron chi connectivity index (χ0n) is 12.1. The lowest BCUT2D eigenvalue weighted by molar-refractivity contribution is 0.155. The van der Waals surface area contributed by atoms with Gasteiger partial charge in [-0.25, -0.2) is 0 Å². The van der Waals surface area contributed by atoms with Crippen LogP contribution in [0.4, 0.5) is 0 Å². The SMILES string of the molecule is CCNC(=NCCOCC)NCCc1cnn(C)c1. The Hall–Kier alpha value is -1.56. The van der Waals surface area contributed by atoms with Gasteiger partial charge in [-0.05, 0) is 25.8 Å². The van der Waals surface area contributed by atoms with Crippen LogP contribution in [0.15, 0.2) is 17.4 Å². The summed E-state index contributed by atoms with van der Waals surface area (Å²) in [4.78, 5) is 4.44. The average Bonchev–Trinajstić information content (AvgIpc) is 2.80. The van der Waals surface area contributed by atoms with Gasteiger partial charge < -0.3 is 15.4 Å². The third-order valence-electron chi connectivity index (χ3n) is 2.52. The van der Waals surface area contributed by atoms with Crippen molar-refractivity contribution in [3.8, 4) is 0 Å². The van der Waals surface area contributed by atoms with Gasteiger partial charge in [0.25, 0.3) is 0 Å². The van der Waals surface area contributed by atoms with E-state index in [1.807, 2.05) is 31.0 Å². The summed E-state index contributed by atoms with van der Waals surface area (Å²) < 4.78 is 7.08. The Labute approximate surface area is 115 Å². The molecule has 0 saturated heterocycles. The lowest BCUT2D eigenvalue weighted by Gasteiger charge is -2.10. The second kappa shape index (κ2) is 9.38. The number of nitrogens with zero attached hydrogens (tertiary/aromatic N) is 3. The fraction of sp³-hybridized carbons (Fsp3) is 0.692. The number of aliphatic imine (C=N–C) groups is 1. The first-order valence-corrected chi connectivity index (χ1v) is 6.83. The second-order valence-corrected chi connectivity index (χ2v) is 4.16. The van der Waals surface area contributed by atoms with E-state index in [4.69, 9.17) is 4.74 Å². The van der Waals surface area contributed by atoms with Crippen molar-refractivity contribution in [3.05, 3.63) is 18.0 Å². The molecule has 108 valence electrons. The van der Waals surface area contributed by atoms with Crippen LogP contribution in [0.5, 0.6) is 0 Å². The molecule has 19 heavy (non-hydrogen) atoms. The number of nitrogens with one attached hydrogen (secondary N) is 2. The maximum absolute atomic E-state index is 5.26. The molecule has 2 N–H and O–H groups in total. The number of ether oxygens (including phenoxy) is 1. The molecule has 0 radical (unpaired) electrons. The predicted octanol–water partition coefficient (Wildman–Crippen LogP) is 0.554. The molecule has 0 amide bonds. The highest BCUT2D eigenvalue weighted by Crippen LogP contribution is 1.95. The number of hydrogen-bond donors (Lipinski definition) is 2. The van der Waals surface area contributed by atoms with Gasteiger partial charge in [0.15, 0.2) is 5.96 Å². The Morgan fingerprint density at radius 1 is 1.42 bits per heavy atom. The standard InChI is InChI=1S/C13H25N5O/c1-4-14-13(16-8-9-19-5-2)15-7-6-12-10-17-18(3)11-12/h10-11H,4-9H2,1-3H3,(H2,14,15,16). The molecule has 0 aliphatic heterocycles. The highest BCUT2D eigenvalue weighted by Gasteiger charge is 1.99. The summed E-state index contributed by atoms with van der Waals surface area (Å²) in [7, 11) is 1.93. The molecule has 1 heterocycles. The van der Waals surface area contributed by atoms with E-state index in [9.17, 15) is 0 Å². The van der Waals surface area contributed by atoms with Gasteiger partial charge >= 0.3 is 0 Å².